The molecule has 0 bridgehead atoms. The maximum Gasteiger partial charge on any atom is 0.291 e. The molecule has 0 amide bonds. The van der Waals surface area contributed by atoms with Crippen LogP contribution in [0.4, 0.5) is 10.1 Å². The van der Waals surface area contributed by atoms with Crippen LogP contribution < -0.4 is 15.0 Å². The quantitative estimate of drug-likeness (QED) is 0.521. The predicted octanol–water partition coefficient (Wildman–Crippen LogP) is 3.35. The zero-order chi connectivity index (χ0) is 19.7. The van der Waals surface area contributed by atoms with E-state index in [0.717, 1.165) is 24.3 Å². The average Bonchev–Trinajstić information content (AvgIpc) is 3.24. The van der Waals surface area contributed by atoms with Gasteiger partial charge in [-0.05, 0) is 61.9 Å². The minimum absolute atomic E-state index is 0.200. The van der Waals surface area contributed by atoms with Gasteiger partial charge in [0.1, 0.15) is 5.82 Å². The lowest BCUT2D eigenvalue weighted by molar-refractivity contribution is 0.628. The molecule has 0 radical (unpaired) electrons. The van der Waals surface area contributed by atoms with Gasteiger partial charge in [0.05, 0.1) is 4.53 Å². The van der Waals surface area contributed by atoms with Gasteiger partial charge < -0.3 is 4.90 Å². The first-order valence-corrected chi connectivity index (χ1v) is 9.93. The number of anilines is 1. The maximum atomic E-state index is 13.1. The van der Waals surface area contributed by atoms with E-state index in [1.807, 2.05) is 18.2 Å². The van der Waals surface area contributed by atoms with Gasteiger partial charge in [-0.1, -0.05) is 23.5 Å². The molecule has 2 aromatic carbocycles. The van der Waals surface area contributed by atoms with Crippen molar-refractivity contribution in [2.24, 2.45) is 0 Å². The molecule has 4 rings (SSSR count). The molecule has 5 nitrogen and oxygen atoms in total. The number of halogens is 1. The van der Waals surface area contributed by atoms with Crippen LogP contribution in [0.15, 0.2) is 53.3 Å². The SMILES string of the molecule is CCN(CC)c1ccc(/C=c2/sc3nc(-c4ccc(F)cc4)nn3c2=O)cc1. The highest BCUT2D eigenvalue weighted by Crippen LogP contribution is 2.17. The number of nitrogens with zero attached hydrogens (tertiary/aromatic N) is 4. The molecule has 2 aromatic heterocycles. The second-order valence-corrected chi connectivity index (χ2v) is 7.33. The van der Waals surface area contributed by atoms with E-state index >= 15 is 0 Å². The molecule has 7 heteroatoms. The van der Waals surface area contributed by atoms with E-state index in [-0.39, 0.29) is 11.4 Å². The van der Waals surface area contributed by atoms with Crippen molar-refractivity contribution in [3.05, 3.63) is 74.8 Å². The van der Waals surface area contributed by atoms with Crippen LogP contribution in [0.25, 0.3) is 22.4 Å². The van der Waals surface area contributed by atoms with Crippen LogP contribution in [0.3, 0.4) is 0 Å². The molecule has 142 valence electrons. The number of hydrogen-bond donors (Lipinski definition) is 0. The summed E-state index contributed by atoms with van der Waals surface area (Å²) in [6.45, 7) is 6.16. The summed E-state index contributed by atoms with van der Waals surface area (Å²) in [6.07, 6.45) is 1.85. The van der Waals surface area contributed by atoms with Gasteiger partial charge in [0.25, 0.3) is 5.56 Å². The number of aromatic nitrogens is 3. The third-order valence-electron chi connectivity index (χ3n) is 4.60. The van der Waals surface area contributed by atoms with Gasteiger partial charge in [-0.25, -0.2) is 4.39 Å². The minimum atomic E-state index is -0.321. The molecular weight excluding hydrogens is 375 g/mol. The lowest BCUT2D eigenvalue weighted by Gasteiger charge is -2.20. The van der Waals surface area contributed by atoms with Crippen molar-refractivity contribution in [1.29, 1.82) is 0 Å². The Balaban J connectivity index is 1.68. The van der Waals surface area contributed by atoms with Crippen LogP contribution in [-0.2, 0) is 0 Å². The molecular formula is C21H19FN4OS. The van der Waals surface area contributed by atoms with E-state index in [1.165, 1.54) is 28.0 Å². The molecule has 0 unspecified atom stereocenters. The fraction of sp³-hybridized carbons (Fsp3) is 0.190. The standard InChI is InChI=1S/C21H19FN4OS/c1-3-25(4-2)17-11-5-14(6-12-17)13-18-20(27)26-21(28-18)23-19(24-26)15-7-9-16(22)10-8-15/h5-13H,3-4H2,1-2H3/b18-13+. The van der Waals surface area contributed by atoms with E-state index in [2.05, 4.69) is 41.0 Å². The van der Waals surface area contributed by atoms with Gasteiger partial charge in [0.2, 0.25) is 4.96 Å². The second-order valence-electron chi connectivity index (χ2n) is 6.32. The van der Waals surface area contributed by atoms with Gasteiger partial charge in [-0.15, -0.1) is 5.10 Å². The van der Waals surface area contributed by atoms with Crippen LogP contribution >= 0.6 is 11.3 Å². The van der Waals surface area contributed by atoms with Gasteiger partial charge in [0, 0.05) is 24.3 Å². The lowest BCUT2D eigenvalue weighted by Crippen LogP contribution is -2.23. The normalized spacial score (nSPS) is 12.0. The fourth-order valence-corrected chi connectivity index (χ4v) is 3.98. The Morgan fingerprint density at radius 1 is 1.07 bits per heavy atom. The molecule has 0 aliphatic carbocycles. The molecule has 2 heterocycles. The molecule has 0 aliphatic heterocycles. The molecule has 0 spiro atoms. The highest BCUT2D eigenvalue weighted by Gasteiger charge is 2.12. The number of hydrogen-bond acceptors (Lipinski definition) is 5. The first-order valence-electron chi connectivity index (χ1n) is 9.11. The first kappa shape index (κ1) is 18.3. The summed E-state index contributed by atoms with van der Waals surface area (Å²) in [5, 5.41) is 4.29. The summed E-state index contributed by atoms with van der Waals surface area (Å²) in [5.74, 6) is 0.0941. The molecule has 0 N–H and O–H groups in total. The van der Waals surface area contributed by atoms with Crippen molar-refractivity contribution in [3.8, 4) is 11.4 Å². The molecule has 0 atom stereocenters. The smallest absolute Gasteiger partial charge is 0.291 e. The largest absolute Gasteiger partial charge is 0.372 e. The average molecular weight is 394 g/mol. The zero-order valence-electron chi connectivity index (χ0n) is 15.6. The maximum absolute atomic E-state index is 13.1. The van der Waals surface area contributed by atoms with Crippen molar-refractivity contribution in [1.82, 2.24) is 14.6 Å². The van der Waals surface area contributed by atoms with Crippen molar-refractivity contribution in [2.45, 2.75) is 13.8 Å². The summed E-state index contributed by atoms with van der Waals surface area (Å²) in [7, 11) is 0. The monoisotopic (exact) mass is 394 g/mol. The summed E-state index contributed by atoms with van der Waals surface area (Å²) in [5.41, 5.74) is 2.59. The number of fused-ring (bicyclic) bond motifs is 1. The molecule has 28 heavy (non-hydrogen) atoms. The van der Waals surface area contributed by atoms with Crippen LogP contribution in [0.5, 0.6) is 0 Å². The van der Waals surface area contributed by atoms with Crippen LogP contribution in [0.2, 0.25) is 0 Å². The Kier molecular flexibility index (Phi) is 4.92. The van der Waals surface area contributed by atoms with Gasteiger partial charge >= 0.3 is 0 Å². The van der Waals surface area contributed by atoms with Gasteiger partial charge in [-0.2, -0.15) is 9.50 Å². The number of benzene rings is 2. The molecule has 0 saturated heterocycles. The highest BCUT2D eigenvalue weighted by molar-refractivity contribution is 7.15. The second kappa shape index (κ2) is 7.52. The van der Waals surface area contributed by atoms with Crippen LogP contribution in [-0.4, -0.2) is 27.7 Å². The minimum Gasteiger partial charge on any atom is -0.372 e. The first-order chi connectivity index (χ1) is 13.6. The summed E-state index contributed by atoms with van der Waals surface area (Å²) < 4.78 is 15.0. The Bertz CT molecular complexity index is 1210. The zero-order valence-corrected chi connectivity index (χ0v) is 16.4. The summed E-state index contributed by atoms with van der Waals surface area (Å²) in [6, 6.07) is 14.0. The van der Waals surface area contributed by atoms with E-state index in [1.54, 1.807) is 12.1 Å². The van der Waals surface area contributed by atoms with Crippen LogP contribution in [0.1, 0.15) is 19.4 Å². The topological polar surface area (TPSA) is 50.5 Å². The Labute approximate surface area is 165 Å². The van der Waals surface area contributed by atoms with E-state index in [0.29, 0.717) is 20.9 Å². The Hall–Kier alpha value is -3.06. The third-order valence-corrected chi connectivity index (χ3v) is 5.56. The number of thiazole rings is 1. The van der Waals surface area contributed by atoms with Gasteiger partial charge in [-0.3, -0.25) is 4.79 Å². The van der Waals surface area contributed by atoms with Crippen molar-refractivity contribution in [2.75, 3.05) is 18.0 Å². The number of rotatable bonds is 5. The molecule has 0 fully saturated rings. The Morgan fingerprint density at radius 2 is 1.75 bits per heavy atom. The lowest BCUT2D eigenvalue weighted by atomic mass is 10.2. The van der Waals surface area contributed by atoms with Crippen molar-refractivity contribution in [3.63, 3.8) is 0 Å². The van der Waals surface area contributed by atoms with Crippen LogP contribution in [0, 0.1) is 5.82 Å². The molecule has 0 aliphatic rings. The van der Waals surface area contributed by atoms with Crippen molar-refractivity contribution >= 4 is 28.1 Å². The van der Waals surface area contributed by atoms with Gasteiger partial charge in [0.15, 0.2) is 5.82 Å². The highest BCUT2D eigenvalue weighted by atomic mass is 32.1. The predicted molar refractivity (Wildman–Crippen MR) is 111 cm³/mol. The van der Waals surface area contributed by atoms with E-state index in [4.69, 9.17) is 0 Å². The Morgan fingerprint density at radius 3 is 2.36 bits per heavy atom. The van der Waals surface area contributed by atoms with Crippen molar-refractivity contribution < 1.29 is 4.39 Å². The third kappa shape index (κ3) is 3.41. The summed E-state index contributed by atoms with van der Waals surface area (Å²) >= 11 is 1.29. The molecule has 4 aromatic rings. The fourth-order valence-electron chi connectivity index (χ4n) is 3.08. The summed E-state index contributed by atoms with van der Waals surface area (Å²) in [4.78, 5) is 19.9. The van der Waals surface area contributed by atoms with E-state index < -0.39 is 0 Å². The van der Waals surface area contributed by atoms with E-state index in [9.17, 15) is 9.18 Å². The molecule has 0 saturated carbocycles.